The Balaban J connectivity index is 2.78. The van der Waals surface area contributed by atoms with Gasteiger partial charge < -0.3 is 16.2 Å². The van der Waals surface area contributed by atoms with E-state index in [0.29, 0.717) is 11.3 Å². The number of aliphatic hydroxyl groups is 1. The third-order valence-electron chi connectivity index (χ3n) is 2.60. The topological polar surface area (TPSA) is 82.1 Å². The molecule has 0 aliphatic heterocycles. The summed E-state index contributed by atoms with van der Waals surface area (Å²) in [6, 6.07) is 7.30. The molecule has 17 heavy (non-hydrogen) atoms. The molecule has 1 aromatic rings. The molecule has 92 valence electrons. The van der Waals surface area contributed by atoms with Gasteiger partial charge in [-0.1, -0.05) is 0 Å². The van der Waals surface area contributed by atoms with Gasteiger partial charge in [-0.2, -0.15) is 17.0 Å². The van der Waals surface area contributed by atoms with Crippen molar-refractivity contribution in [2.24, 2.45) is 0 Å². The molecule has 0 aliphatic rings. The van der Waals surface area contributed by atoms with Crippen LogP contribution in [0.1, 0.15) is 12.5 Å². The molecule has 2 unspecified atom stereocenters. The molecule has 0 saturated carbocycles. The normalized spacial score (nSPS) is 13.8. The summed E-state index contributed by atoms with van der Waals surface area (Å²) in [6.45, 7) is 2.11. The van der Waals surface area contributed by atoms with E-state index in [0.717, 1.165) is 5.69 Å². The average Bonchev–Trinajstić information content (AvgIpc) is 2.33. The number of nitrogen functional groups attached to an aromatic ring is 1. The van der Waals surface area contributed by atoms with Gasteiger partial charge in [0.15, 0.2) is 0 Å². The maximum atomic E-state index is 9.19. The number of nitrogens with two attached hydrogens (primary N) is 1. The Kier molecular flexibility index (Phi) is 5.13. The van der Waals surface area contributed by atoms with Crippen LogP contribution >= 0.6 is 11.8 Å². The highest BCUT2D eigenvalue weighted by Crippen LogP contribution is 2.22. The van der Waals surface area contributed by atoms with Crippen LogP contribution in [0, 0.1) is 11.3 Å². The number of rotatable bonds is 5. The average molecular weight is 251 g/mol. The predicted octanol–water partition coefficient (Wildman–Crippen LogP) is 1.66. The molecule has 5 heteroatoms. The van der Waals surface area contributed by atoms with Crippen LogP contribution in [0.4, 0.5) is 11.4 Å². The fraction of sp³-hybridized carbons (Fsp3) is 0.417. The van der Waals surface area contributed by atoms with E-state index in [9.17, 15) is 5.11 Å². The van der Waals surface area contributed by atoms with Crippen LogP contribution in [0.2, 0.25) is 0 Å². The van der Waals surface area contributed by atoms with E-state index in [4.69, 9.17) is 11.0 Å². The molecule has 0 bridgehead atoms. The third-order valence-corrected chi connectivity index (χ3v) is 3.77. The quantitative estimate of drug-likeness (QED) is 0.693. The minimum Gasteiger partial charge on any atom is -0.397 e. The van der Waals surface area contributed by atoms with E-state index < -0.39 is 0 Å². The fourth-order valence-corrected chi connectivity index (χ4v) is 2.16. The number of hydrogen-bond acceptors (Lipinski definition) is 5. The van der Waals surface area contributed by atoms with Gasteiger partial charge in [-0.15, -0.1) is 0 Å². The molecule has 4 N–H and O–H groups in total. The molecule has 2 atom stereocenters. The largest absolute Gasteiger partial charge is 0.397 e. The Bertz CT molecular complexity index is 413. The molecule has 0 aromatic heterocycles. The predicted molar refractivity (Wildman–Crippen MR) is 73.0 cm³/mol. The van der Waals surface area contributed by atoms with Crippen molar-refractivity contribution in [3.8, 4) is 6.07 Å². The lowest BCUT2D eigenvalue weighted by Gasteiger charge is -2.23. The maximum absolute atomic E-state index is 9.19. The summed E-state index contributed by atoms with van der Waals surface area (Å²) < 4.78 is 0. The summed E-state index contributed by atoms with van der Waals surface area (Å²) >= 11 is 1.61. The number of benzene rings is 1. The SMILES string of the molecule is CSC(CO)C(C)Nc1ccc(C#N)cc1N. The van der Waals surface area contributed by atoms with Crippen molar-refractivity contribution in [2.75, 3.05) is 23.9 Å². The van der Waals surface area contributed by atoms with E-state index in [1.54, 1.807) is 30.0 Å². The van der Waals surface area contributed by atoms with Crippen LogP contribution in [-0.2, 0) is 0 Å². The molecule has 4 nitrogen and oxygen atoms in total. The van der Waals surface area contributed by atoms with Crippen LogP contribution in [-0.4, -0.2) is 29.3 Å². The second-order valence-electron chi connectivity index (χ2n) is 3.80. The van der Waals surface area contributed by atoms with E-state index in [1.807, 2.05) is 19.2 Å². The number of aliphatic hydroxyl groups excluding tert-OH is 1. The van der Waals surface area contributed by atoms with Gasteiger partial charge in [0.2, 0.25) is 0 Å². The lowest BCUT2D eigenvalue weighted by Crippen LogP contribution is -2.31. The van der Waals surface area contributed by atoms with Crippen molar-refractivity contribution in [1.29, 1.82) is 5.26 Å². The van der Waals surface area contributed by atoms with Crippen molar-refractivity contribution in [3.63, 3.8) is 0 Å². The van der Waals surface area contributed by atoms with Gasteiger partial charge in [0, 0.05) is 11.3 Å². The molecule has 0 heterocycles. The van der Waals surface area contributed by atoms with Crippen LogP contribution in [0.3, 0.4) is 0 Å². The molecule has 0 amide bonds. The van der Waals surface area contributed by atoms with Crippen molar-refractivity contribution < 1.29 is 5.11 Å². The van der Waals surface area contributed by atoms with Gasteiger partial charge in [-0.05, 0) is 31.4 Å². The molecular formula is C12H17N3OS. The number of nitrogens with one attached hydrogen (secondary N) is 1. The zero-order chi connectivity index (χ0) is 12.8. The van der Waals surface area contributed by atoms with Gasteiger partial charge in [0.05, 0.1) is 29.6 Å². The summed E-state index contributed by atoms with van der Waals surface area (Å²) in [5.41, 5.74) is 7.74. The minimum absolute atomic E-state index is 0.102. The lowest BCUT2D eigenvalue weighted by molar-refractivity contribution is 0.288. The number of nitriles is 1. The van der Waals surface area contributed by atoms with Gasteiger partial charge >= 0.3 is 0 Å². The second-order valence-corrected chi connectivity index (χ2v) is 4.88. The van der Waals surface area contributed by atoms with Crippen LogP contribution in [0.15, 0.2) is 18.2 Å². The summed E-state index contributed by atoms with van der Waals surface area (Å²) in [4.78, 5) is 0. The van der Waals surface area contributed by atoms with Gasteiger partial charge in [0.25, 0.3) is 0 Å². The minimum atomic E-state index is 0.102. The summed E-state index contributed by atoms with van der Waals surface area (Å²) in [7, 11) is 0. The number of hydrogen-bond donors (Lipinski definition) is 3. The van der Waals surface area contributed by atoms with E-state index >= 15 is 0 Å². The van der Waals surface area contributed by atoms with Gasteiger partial charge in [-0.3, -0.25) is 0 Å². The molecule has 0 saturated heterocycles. The standard InChI is InChI=1S/C12H17N3OS/c1-8(12(7-16)17-2)15-11-4-3-9(6-13)5-10(11)14/h3-5,8,12,15-16H,7,14H2,1-2H3. The van der Waals surface area contributed by atoms with Crippen molar-refractivity contribution in [3.05, 3.63) is 23.8 Å². The van der Waals surface area contributed by atoms with Crippen molar-refractivity contribution in [2.45, 2.75) is 18.2 Å². The Morgan fingerprint density at radius 1 is 1.59 bits per heavy atom. The maximum Gasteiger partial charge on any atom is 0.0992 e. The zero-order valence-corrected chi connectivity index (χ0v) is 10.8. The molecule has 1 aromatic carbocycles. The summed E-state index contributed by atoms with van der Waals surface area (Å²) in [5.74, 6) is 0. The fourth-order valence-electron chi connectivity index (χ4n) is 1.54. The van der Waals surface area contributed by atoms with Crippen molar-refractivity contribution in [1.82, 2.24) is 0 Å². The second kappa shape index (κ2) is 6.38. The summed E-state index contributed by atoms with van der Waals surface area (Å²) in [5, 5.41) is 21.3. The smallest absolute Gasteiger partial charge is 0.0992 e. The molecule has 0 aliphatic carbocycles. The zero-order valence-electron chi connectivity index (χ0n) is 9.97. The first-order chi connectivity index (χ1) is 8.12. The lowest BCUT2D eigenvalue weighted by atomic mass is 10.1. The Hall–Kier alpha value is -1.38. The Morgan fingerprint density at radius 3 is 2.76 bits per heavy atom. The summed E-state index contributed by atoms with van der Waals surface area (Å²) in [6.07, 6.45) is 1.96. The van der Waals surface area contributed by atoms with Gasteiger partial charge in [0.1, 0.15) is 0 Å². The van der Waals surface area contributed by atoms with E-state index in [-0.39, 0.29) is 17.9 Å². The molecule has 0 radical (unpaired) electrons. The van der Waals surface area contributed by atoms with E-state index in [2.05, 4.69) is 5.32 Å². The van der Waals surface area contributed by atoms with Crippen LogP contribution in [0.25, 0.3) is 0 Å². The number of anilines is 2. The Morgan fingerprint density at radius 2 is 2.29 bits per heavy atom. The molecular weight excluding hydrogens is 234 g/mol. The third kappa shape index (κ3) is 3.55. The van der Waals surface area contributed by atoms with Crippen molar-refractivity contribution >= 4 is 23.1 Å². The highest BCUT2D eigenvalue weighted by molar-refractivity contribution is 7.99. The van der Waals surface area contributed by atoms with Crippen LogP contribution in [0.5, 0.6) is 0 Å². The molecule has 0 fully saturated rings. The molecule has 1 rings (SSSR count). The first-order valence-electron chi connectivity index (χ1n) is 5.32. The van der Waals surface area contributed by atoms with Crippen LogP contribution < -0.4 is 11.1 Å². The highest BCUT2D eigenvalue weighted by atomic mass is 32.2. The van der Waals surface area contributed by atoms with E-state index in [1.165, 1.54) is 0 Å². The first-order valence-corrected chi connectivity index (χ1v) is 6.61. The Labute approximate surface area is 106 Å². The number of thioether (sulfide) groups is 1. The monoisotopic (exact) mass is 251 g/mol. The van der Waals surface area contributed by atoms with Gasteiger partial charge in [-0.25, -0.2) is 0 Å². The molecule has 0 spiro atoms. The highest BCUT2D eigenvalue weighted by Gasteiger charge is 2.15. The number of nitrogens with zero attached hydrogens (tertiary/aromatic N) is 1. The first kappa shape index (κ1) is 13.7.